The fraction of sp³-hybridized carbons (Fsp3) is 0.269. The van der Waals surface area contributed by atoms with E-state index >= 15 is 0 Å². The van der Waals surface area contributed by atoms with Crippen molar-refractivity contribution in [1.82, 2.24) is 5.32 Å². The molecule has 0 spiro atoms. The molecule has 0 aromatic heterocycles. The summed E-state index contributed by atoms with van der Waals surface area (Å²) >= 11 is 0. The summed E-state index contributed by atoms with van der Waals surface area (Å²) in [5.41, 5.74) is 4.82. The summed E-state index contributed by atoms with van der Waals surface area (Å²) < 4.78 is 32.2. The van der Waals surface area contributed by atoms with Gasteiger partial charge in [0.25, 0.3) is 5.91 Å². The van der Waals surface area contributed by atoms with Crippen molar-refractivity contribution in [2.75, 3.05) is 23.7 Å². The molecule has 3 aromatic rings. The van der Waals surface area contributed by atoms with Crippen LogP contribution in [-0.4, -0.2) is 33.7 Å². The molecule has 6 nitrogen and oxygen atoms in total. The molecule has 0 unspecified atom stereocenters. The largest absolute Gasteiger partial charge is 0.491 e. The highest BCUT2D eigenvalue weighted by molar-refractivity contribution is 7.92. The molecule has 1 amide bonds. The maximum Gasteiger partial charge on any atom is 0.251 e. The number of anilines is 1. The Morgan fingerprint density at radius 1 is 0.879 bits per heavy atom. The molecule has 0 saturated heterocycles. The van der Waals surface area contributed by atoms with Gasteiger partial charge in [0.05, 0.1) is 25.0 Å². The predicted molar refractivity (Wildman–Crippen MR) is 132 cm³/mol. The Morgan fingerprint density at radius 3 is 2.09 bits per heavy atom. The number of carbonyl (C=O) groups excluding carboxylic acids is 1. The minimum absolute atomic E-state index is 0.191. The molecule has 174 valence electrons. The Balaban J connectivity index is 1.62. The van der Waals surface area contributed by atoms with Gasteiger partial charge in [0, 0.05) is 5.56 Å². The fourth-order valence-corrected chi connectivity index (χ4v) is 4.64. The molecule has 0 aliphatic heterocycles. The monoisotopic (exact) mass is 466 g/mol. The van der Waals surface area contributed by atoms with Crippen molar-refractivity contribution >= 4 is 21.6 Å². The molecule has 33 heavy (non-hydrogen) atoms. The molecule has 0 aliphatic rings. The second kappa shape index (κ2) is 10.5. The molecule has 0 saturated carbocycles. The molecule has 3 aromatic carbocycles. The lowest BCUT2D eigenvalue weighted by atomic mass is 10.1. The Labute approximate surface area is 196 Å². The minimum Gasteiger partial charge on any atom is -0.491 e. The minimum atomic E-state index is -3.49. The van der Waals surface area contributed by atoms with Crippen LogP contribution in [0.15, 0.2) is 66.7 Å². The van der Waals surface area contributed by atoms with Gasteiger partial charge in [-0.15, -0.1) is 0 Å². The van der Waals surface area contributed by atoms with E-state index in [1.165, 1.54) is 10.6 Å². The Bertz CT molecular complexity index is 1200. The molecule has 1 N–H and O–H groups in total. The molecular formula is C26H30N2O4S. The number of para-hydroxylation sites is 2. The molecule has 0 bridgehead atoms. The number of hydrogen-bond donors (Lipinski definition) is 1. The highest BCUT2D eigenvalue weighted by atomic mass is 32.2. The number of amides is 1. The first-order valence-electron chi connectivity index (χ1n) is 10.8. The number of aryl methyl sites for hydroxylation is 3. The molecule has 0 heterocycles. The second-order valence-electron chi connectivity index (χ2n) is 8.08. The molecule has 0 aliphatic carbocycles. The van der Waals surface area contributed by atoms with Crippen LogP contribution in [0.25, 0.3) is 0 Å². The number of rotatable bonds is 9. The number of nitrogens with one attached hydrogen (secondary N) is 1. The summed E-state index contributed by atoms with van der Waals surface area (Å²) in [6, 6.07) is 20.4. The SMILES string of the molecule is Cc1ccccc1OCCNC(=O)c1ccc(CN(c2c(C)cccc2C)S(C)(=O)=O)cc1. The Hall–Kier alpha value is -3.32. The normalized spacial score (nSPS) is 11.2. The zero-order valence-electron chi connectivity index (χ0n) is 19.5. The third-order valence-electron chi connectivity index (χ3n) is 5.37. The van der Waals surface area contributed by atoms with Gasteiger partial charge in [0.1, 0.15) is 12.4 Å². The summed E-state index contributed by atoms with van der Waals surface area (Å²) in [5, 5.41) is 2.84. The lowest BCUT2D eigenvalue weighted by molar-refractivity contribution is 0.0947. The van der Waals surface area contributed by atoms with E-state index in [9.17, 15) is 13.2 Å². The van der Waals surface area contributed by atoms with E-state index in [-0.39, 0.29) is 12.5 Å². The Morgan fingerprint density at radius 2 is 1.48 bits per heavy atom. The molecule has 7 heteroatoms. The number of benzene rings is 3. The zero-order valence-corrected chi connectivity index (χ0v) is 20.3. The fourth-order valence-electron chi connectivity index (χ4n) is 3.63. The van der Waals surface area contributed by atoms with Gasteiger partial charge < -0.3 is 10.1 Å². The molecular weight excluding hydrogens is 436 g/mol. The highest BCUT2D eigenvalue weighted by Crippen LogP contribution is 2.28. The average molecular weight is 467 g/mol. The lowest BCUT2D eigenvalue weighted by Gasteiger charge is -2.26. The van der Waals surface area contributed by atoms with Gasteiger partial charge in [-0.2, -0.15) is 0 Å². The van der Waals surface area contributed by atoms with E-state index in [4.69, 9.17) is 4.74 Å². The molecule has 0 atom stereocenters. The van der Waals surface area contributed by atoms with Crippen LogP contribution < -0.4 is 14.4 Å². The molecule has 0 fully saturated rings. The second-order valence-corrected chi connectivity index (χ2v) is 9.98. The summed E-state index contributed by atoms with van der Waals surface area (Å²) in [5.74, 6) is 0.597. The van der Waals surface area contributed by atoms with E-state index in [1.807, 2.05) is 63.2 Å². The van der Waals surface area contributed by atoms with Crippen LogP contribution in [0.4, 0.5) is 5.69 Å². The molecule has 0 radical (unpaired) electrons. The number of carbonyl (C=O) groups is 1. The van der Waals surface area contributed by atoms with Crippen molar-refractivity contribution in [2.24, 2.45) is 0 Å². The van der Waals surface area contributed by atoms with Crippen LogP contribution in [0.2, 0.25) is 0 Å². The van der Waals surface area contributed by atoms with E-state index in [0.717, 1.165) is 28.0 Å². The number of nitrogens with zero attached hydrogens (tertiary/aromatic N) is 1. The van der Waals surface area contributed by atoms with Crippen LogP contribution in [0.3, 0.4) is 0 Å². The maximum atomic E-state index is 12.5. The van der Waals surface area contributed by atoms with Crippen molar-refractivity contribution in [3.63, 3.8) is 0 Å². The van der Waals surface area contributed by atoms with Crippen molar-refractivity contribution in [3.05, 3.63) is 94.5 Å². The summed E-state index contributed by atoms with van der Waals surface area (Å²) in [6.45, 7) is 6.71. The number of sulfonamides is 1. The van der Waals surface area contributed by atoms with Crippen molar-refractivity contribution in [2.45, 2.75) is 27.3 Å². The van der Waals surface area contributed by atoms with E-state index < -0.39 is 10.0 Å². The third kappa shape index (κ3) is 6.35. The van der Waals surface area contributed by atoms with Gasteiger partial charge in [-0.05, 0) is 61.2 Å². The first-order chi connectivity index (χ1) is 15.7. The number of hydrogen-bond acceptors (Lipinski definition) is 4. The smallest absolute Gasteiger partial charge is 0.251 e. The summed E-state index contributed by atoms with van der Waals surface area (Å²) in [6.07, 6.45) is 1.21. The maximum absolute atomic E-state index is 12.5. The van der Waals surface area contributed by atoms with Gasteiger partial charge in [-0.1, -0.05) is 48.5 Å². The van der Waals surface area contributed by atoms with E-state index in [0.29, 0.717) is 24.4 Å². The quantitative estimate of drug-likeness (QED) is 0.475. The van der Waals surface area contributed by atoms with Crippen molar-refractivity contribution in [1.29, 1.82) is 0 Å². The summed E-state index contributed by atoms with van der Waals surface area (Å²) in [4.78, 5) is 12.5. The van der Waals surface area contributed by atoms with Gasteiger partial charge >= 0.3 is 0 Å². The molecule has 3 rings (SSSR count). The predicted octanol–water partition coefficient (Wildman–Crippen LogP) is 4.39. The standard InChI is InChI=1S/C26H30N2O4S/c1-19-8-5-6-11-24(19)32-17-16-27-26(29)23-14-12-22(13-15-23)18-28(33(4,30)31)25-20(2)9-7-10-21(25)3/h5-15H,16-18H2,1-4H3,(H,27,29). The lowest BCUT2D eigenvalue weighted by Crippen LogP contribution is -2.31. The highest BCUT2D eigenvalue weighted by Gasteiger charge is 2.21. The van der Waals surface area contributed by atoms with Crippen molar-refractivity contribution < 1.29 is 17.9 Å². The van der Waals surface area contributed by atoms with Gasteiger partial charge in [-0.25, -0.2) is 8.42 Å². The van der Waals surface area contributed by atoms with Gasteiger partial charge in [0.2, 0.25) is 10.0 Å². The first kappa shape index (κ1) is 24.3. The van der Waals surface area contributed by atoms with E-state index in [1.54, 1.807) is 24.3 Å². The van der Waals surface area contributed by atoms with Gasteiger partial charge in [0.15, 0.2) is 0 Å². The average Bonchev–Trinajstić information content (AvgIpc) is 2.76. The van der Waals surface area contributed by atoms with Crippen molar-refractivity contribution in [3.8, 4) is 5.75 Å². The zero-order chi connectivity index (χ0) is 24.0. The van der Waals surface area contributed by atoms with Crippen LogP contribution in [0.5, 0.6) is 5.75 Å². The summed E-state index contributed by atoms with van der Waals surface area (Å²) in [7, 11) is -3.49. The van der Waals surface area contributed by atoms with Gasteiger partial charge in [-0.3, -0.25) is 9.10 Å². The van der Waals surface area contributed by atoms with Crippen LogP contribution in [-0.2, 0) is 16.6 Å². The first-order valence-corrected chi connectivity index (χ1v) is 12.6. The third-order valence-corrected chi connectivity index (χ3v) is 6.48. The van der Waals surface area contributed by atoms with Crippen LogP contribution in [0.1, 0.15) is 32.6 Å². The van der Waals surface area contributed by atoms with E-state index in [2.05, 4.69) is 5.32 Å². The topological polar surface area (TPSA) is 75.7 Å². The van der Waals surface area contributed by atoms with Crippen LogP contribution >= 0.6 is 0 Å². The number of ether oxygens (including phenoxy) is 1. The van der Waals surface area contributed by atoms with Crippen LogP contribution in [0, 0.1) is 20.8 Å². The Kier molecular flexibility index (Phi) is 7.76.